The van der Waals surface area contributed by atoms with Crippen molar-refractivity contribution < 1.29 is 9.59 Å². The van der Waals surface area contributed by atoms with Gasteiger partial charge in [0.15, 0.2) is 10.8 Å². The summed E-state index contributed by atoms with van der Waals surface area (Å²) >= 11 is 0. The molecular weight excluding hydrogens is 420 g/mol. The maximum absolute atomic E-state index is 12.2. The number of aromatic nitrogens is 2. The SMILES string of the molecule is CN(C)c1ccc(-c2nc3cc(N=[N+]=NC(=O)c4ccc(C(=O)NN)cc4)ccc3[nH]2)cc1. The normalized spacial score (nSPS) is 10.4. The van der Waals surface area contributed by atoms with Gasteiger partial charge in [0.2, 0.25) is 10.0 Å². The minimum absolute atomic E-state index is 0.273. The van der Waals surface area contributed by atoms with Gasteiger partial charge in [0.05, 0.1) is 11.0 Å². The fourth-order valence-corrected chi connectivity index (χ4v) is 3.13. The number of aromatic amines is 1. The third-order valence-corrected chi connectivity index (χ3v) is 4.94. The molecule has 10 nitrogen and oxygen atoms in total. The summed E-state index contributed by atoms with van der Waals surface area (Å²) in [5, 5.41) is 7.59. The highest BCUT2D eigenvalue weighted by atomic mass is 16.2. The fourth-order valence-electron chi connectivity index (χ4n) is 3.13. The number of benzene rings is 3. The first-order valence-corrected chi connectivity index (χ1v) is 9.99. The Morgan fingerprint density at radius 3 is 2.36 bits per heavy atom. The Balaban J connectivity index is 1.51. The van der Waals surface area contributed by atoms with Crippen molar-refractivity contribution in [2.45, 2.75) is 0 Å². The Hall–Kier alpha value is -4.66. The molecule has 10 heteroatoms. The third kappa shape index (κ3) is 4.82. The maximum atomic E-state index is 12.2. The Kier molecular flexibility index (Phi) is 6.03. The van der Waals surface area contributed by atoms with E-state index in [9.17, 15) is 9.59 Å². The molecule has 164 valence electrons. The van der Waals surface area contributed by atoms with Crippen molar-refractivity contribution in [3.05, 3.63) is 77.9 Å². The van der Waals surface area contributed by atoms with Crippen LogP contribution in [0.25, 0.3) is 22.4 Å². The van der Waals surface area contributed by atoms with Gasteiger partial charge in [0.1, 0.15) is 5.82 Å². The molecule has 3 aromatic carbocycles. The lowest BCUT2D eigenvalue weighted by Gasteiger charge is -2.11. The van der Waals surface area contributed by atoms with Gasteiger partial charge in [0.25, 0.3) is 5.91 Å². The minimum atomic E-state index is -0.581. The summed E-state index contributed by atoms with van der Waals surface area (Å²) < 4.78 is 0. The standard InChI is InChI=1S/C23H20N8O2/c1-31(2)18-10-7-14(8-11-18)21-25-19-12-9-17(13-20(19)26-21)28-30-29-23(33)16-5-3-15(4-6-16)22(32)27-24/h3-13H,1-2H3,(H3,24,25,26,27,28,29,30,32,33)/p+1. The molecule has 4 rings (SSSR count). The van der Waals surface area contributed by atoms with E-state index >= 15 is 0 Å². The number of H-pyrrole nitrogens is 1. The number of fused-ring (bicyclic) bond motifs is 1. The summed E-state index contributed by atoms with van der Waals surface area (Å²) in [6.07, 6.45) is 0. The first-order chi connectivity index (χ1) is 15.9. The molecule has 0 unspecified atom stereocenters. The van der Waals surface area contributed by atoms with E-state index in [0.29, 0.717) is 11.3 Å². The van der Waals surface area contributed by atoms with Crippen LogP contribution in [0.2, 0.25) is 0 Å². The number of carbonyl (C=O) groups is 2. The monoisotopic (exact) mass is 441 g/mol. The van der Waals surface area contributed by atoms with Gasteiger partial charge in [-0.25, -0.2) is 10.8 Å². The second-order valence-corrected chi connectivity index (χ2v) is 7.37. The van der Waals surface area contributed by atoms with Crippen molar-refractivity contribution >= 4 is 34.2 Å². The molecule has 1 aromatic heterocycles. The molecule has 2 amide bonds. The largest absolute Gasteiger partial charge is 0.378 e. The number of nitrogens with zero attached hydrogens (tertiary/aromatic N) is 5. The molecule has 1 heterocycles. The molecule has 0 spiro atoms. The zero-order chi connectivity index (χ0) is 23.4. The topological polar surface area (TPSA) is 143 Å². The van der Waals surface area contributed by atoms with Crippen LogP contribution in [-0.4, -0.2) is 35.9 Å². The molecule has 0 radical (unpaired) electrons. The lowest BCUT2D eigenvalue weighted by atomic mass is 10.1. The summed E-state index contributed by atoms with van der Waals surface area (Å²) in [7, 11) is 3.98. The number of nitrogens with one attached hydrogen (secondary N) is 2. The maximum Gasteiger partial charge on any atom is 0.360 e. The van der Waals surface area contributed by atoms with Gasteiger partial charge in [0, 0.05) is 36.5 Å². The van der Waals surface area contributed by atoms with Crippen molar-refractivity contribution in [3.8, 4) is 11.4 Å². The Morgan fingerprint density at radius 1 is 1.00 bits per heavy atom. The molecule has 33 heavy (non-hydrogen) atoms. The predicted octanol–water partition coefficient (Wildman–Crippen LogP) is 3.34. The van der Waals surface area contributed by atoms with Crippen molar-refractivity contribution in [1.29, 1.82) is 0 Å². The van der Waals surface area contributed by atoms with Crippen LogP contribution in [0.5, 0.6) is 0 Å². The van der Waals surface area contributed by atoms with Crippen LogP contribution in [0.3, 0.4) is 0 Å². The number of rotatable bonds is 5. The van der Waals surface area contributed by atoms with Crippen molar-refractivity contribution in [2.24, 2.45) is 16.1 Å². The van der Waals surface area contributed by atoms with Crippen LogP contribution in [0.4, 0.5) is 11.4 Å². The fraction of sp³-hybridized carbons (Fsp3) is 0.0870. The van der Waals surface area contributed by atoms with E-state index in [1.54, 1.807) is 12.1 Å². The lowest BCUT2D eigenvalue weighted by molar-refractivity contribution is 0.0950. The number of hydrogen-bond acceptors (Lipinski definition) is 6. The van der Waals surface area contributed by atoms with Gasteiger partial charge in [-0.2, -0.15) is 0 Å². The van der Waals surface area contributed by atoms with E-state index in [-0.39, 0.29) is 5.56 Å². The Morgan fingerprint density at radius 2 is 1.70 bits per heavy atom. The first kappa shape index (κ1) is 21.6. The van der Waals surface area contributed by atoms with Crippen molar-refractivity contribution in [2.75, 3.05) is 19.0 Å². The number of imidazole rings is 1. The summed E-state index contributed by atoms with van der Waals surface area (Å²) in [4.78, 5) is 37.2. The quantitative estimate of drug-likeness (QED) is 0.143. The number of nitrogens with two attached hydrogens (primary N) is 1. The van der Waals surface area contributed by atoms with Crippen molar-refractivity contribution in [1.82, 2.24) is 20.3 Å². The molecule has 0 aliphatic heterocycles. The summed E-state index contributed by atoms with van der Waals surface area (Å²) in [5.74, 6) is 4.80. The van der Waals surface area contributed by atoms with Gasteiger partial charge in [-0.05, 0) is 66.7 Å². The van der Waals surface area contributed by atoms with Crippen LogP contribution >= 0.6 is 0 Å². The molecular formula is C23H21N8O2+. The minimum Gasteiger partial charge on any atom is -0.378 e. The molecule has 4 aromatic rings. The number of nitrogen functional groups attached to an aromatic ring is 1. The first-order valence-electron chi connectivity index (χ1n) is 9.99. The third-order valence-electron chi connectivity index (χ3n) is 4.94. The highest BCUT2D eigenvalue weighted by Crippen LogP contribution is 2.25. The highest BCUT2D eigenvalue weighted by Gasteiger charge is 2.12. The molecule has 0 saturated heterocycles. The summed E-state index contributed by atoms with van der Waals surface area (Å²) in [6.45, 7) is 0. The van der Waals surface area contributed by atoms with E-state index in [1.807, 2.05) is 54.8 Å². The van der Waals surface area contributed by atoms with Gasteiger partial charge in [-0.15, -0.1) is 0 Å². The van der Waals surface area contributed by atoms with Crippen LogP contribution in [-0.2, 0) is 0 Å². The molecule has 0 atom stereocenters. The second-order valence-electron chi connectivity index (χ2n) is 7.37. The highest BCUT2D eigenvalue weighted by molar-refractivity contribution is 5.97. The molecule has 0 aliphatic rings. The lowest BCUT2D eigenvalue weighted by Crippen LogP contribution is -2.29. The van der Waals surface area contributed by atoms with Crippen LogP contribution in [0.1, 0.15) is 20.7 Å². The Bertz CT molecular complexity index is 1380. The zero-order valence-electron chi connectivity index (χ0n) is 18.0. The number of amides is 2. The molecule has 0 fully saturated rings. The average Bonchev–Trinajstić information content (AvgIpc) is 3.27. The number of carbonyl (C=O) groups excluding carboxylic acids is 2. The van der Waals surface area contributed by atoms with Crippen LogP contribution in [0.15, 0.2) is 77.0 Å². The number of hydrazine groups is 1. The molecule has 0 bridgehead atoms. The summed E-state index contributed by atoms with van der Waals surface area (Å²) in [6, 6.07) is 19.3. The van der Waals surface area contributed by atoms with E-state index < -0.39 is 11.8 Å². The molecule has 4 N–H and O–H groups in total. The van der Waals surface area contributed by atoms with E-state index in [0.717, 1.165) is 28.1 Å². The average molecular weight is 441 g/mol. The Labute approximate surface area is 188 Å². The van der Waals surface area contributed by atoms with Gasteiger partial charge in [-0.3, -0.25) is 15.0 Å². The van der Waals surface area contributed by atoms with Crippen LogP contribution in [0, 0.1) is 0 Å². The van der Waals surface area contributed by atoms with E-state index in [1.165, 1.54) is 24.3 Å². The second kappa shape index (κ2) is 9.23. The summed E-state index contributed by atoms with van der Waals surface area (Å²) in [5.41, 5.74) is 6.78. The van der Waals surface area contributed by atoms with E-state index in [4.69, 9.17) is 5.84 Å². The smallest absolute Gasteiger partial charge is 0.360 e. The molecule has 0 saturated carbocycles. The van der Waals surface area contributed by atoms with Crippen LogP contribution < -0.4 is 21.1 Å². The number of anilines is 1. The van der Waals surface area contributed by atoms with Gasteiger partial charge >= 0.3 is 5.91 Å². The number of hydrogen-bond donors (Lipinski definition) is 3. The van der Waals surface area contributed by atoms with Crippen molar-refractivity contribution in [3.63, 3.8) is 0 Å². The van der Waals surface area contributed by atoms with Gasteiger partial charge < -0.3 is 9.88 Å². The van der Waals surface area contributed by atoms with Gasteiger partial charge in [-0.1, -0.05) is 0 Å². The van der Waals surface area contributed by atoms with E-state index in [2.05, 4.69) is 25.1 Å². The predicted molar refractivity (Wildman–Crippen MR) is 125 cm³/mol. The zero-order valence-corrected chi connectivity index (χ0v) is 18.0. The molecule has 0 aliphatic carbocycles.